The predicted octanol–water partition coefficient (Wildman–Crippen LogP) is 4.49. The van der Waals surface area contributed by atoms with Crippen molar-refractivity contribution in [1.29, 1.82) is 0 Å². The van der Waals surface area contributed by atoms with Crippen molar-refractivity contribution in [1.82, 2.24) is 10.3 Å². The average Bonchev–Trinajstić information content (AvgIpc) is 2.80. The first-order valence-corrected chi connectivity index (χ1v) is 11.6. The van der Waals surface area contributed by atoms with Gasteiger partial charge in [-0.05, 0) is 62.0 Å². The van der Waals surface area contributed by atoms with E-state index < -0.39 is 11.4 Å². The molecular formula is C27H34N4O2. The smallest absolute Gasteiger partial charge is 0.314 e. The van der Waals surface area contributed by atoms with E-state index >= 15 is 0 Å². The monoisotopic (exact) mass is 446 g/mol. The van der Waals surface area contributed by atoms with Crippen molar-refractivity contribution in [3.8, 4) is 0 Å². The Kier molecular flexibility index (Phi) is 9.27. The number of aromatic nitrogens is 1. The van der Waals surface area contributed by atoms with Crippen molar-refractivity contribution >= 4 is 17.5 Å². The molecule has 0 amide bonds. The second-order valence-electron chi connectivity index (χ2n) is 8.31. The van der Waals surface area contributed by atoms with E-state index in [4.69, 9.17) is 5.73 Å². The van der Waals surface area contributed by atoms with Crippen molar-refractivity contribution in [2.75, 3.05) is 30.7 Å². The molecule has 0 spiro atoms. The van der Waals surface area contributed by atoms with E-state index in [0.29, 0.717) is 5.82 Å². The lowest BCUT2D eigenvalue weighted by molar-refractivity contribution is -0.147. The van der Waals surface area contributed by atoms with Crippen LogP contribution in [-0.2, 0) is 16.6 Å². The van der Waals surface area contributed by atoms with Crippen LogP contribution in [0.2, 0.25) is 0 Å². The molecule has 1 fully saturated rings. The number of carboxylic acid groups (broad SMARTS) is 1. The average molecular weight is 447 g/mol. The Hall–Kier alpha value is -3.38. The van der Waals surface area contributed by atoms with Gasteiger partial charge in [-0.15, -0.1) is 0 Å². The number of pyridine rings is 1. The number of carboxylic acids is 1. The normalized spacial score (nSPS) is 13.8. The number of benzene rings is 2. The van der Waals surface area contributed by atoms with Crippen molar-refractivity contribution in [3.05, 3.63) is 90.1 Å². The van der Waals surface area contributed by atoms with E-state index in [-0.39, 0.29) is 0 Å². The van der Waals surface area contributed by atoms with Crippen molar-refractivity contribution in [2.45, 2.75) is 37.5 Å². The molecule has 0 bridgehead atoms. The molecule has 2 aromatic carbocycles. The molecule has 5 N–H and O–H groups in total. The molecule has 0 atom stereocenters. The van der Waals surface area contributed by atoms with Gasteiger partial charge in [0, 0.05) is 12.7 Å². The van der Waals surface area contributed by atoms with Crippen molar-refractivity contribution in [3.63, 3.8) is 0 Å². The molecule has 1 aromatic heterocycles. The van der Waals surface area contributed by atoms with Crippen LogP contribution in [0.1, 0.15) is 36.8 Å². The fraction of sp³-hybridized carbons (Fsp3) is 0.333. The molecule has 33 heavy (non-hydrogen) atoms. The van der Waals surface area contributed by atoms with Crippen LogP contribution in [-0.4, -0.2) is 35.7 Å². The SMILES string of the molecule is Nc1ncccc1NCCCNCCc1cccc(C2(C(=O)O)CCC2)c1.c1ccccc1. The number of nitrogens with one attached hydrogen (secondary N) is 2. The van der Waals surface area contributed by atoms with Gasteiger partial charge in [-0.2, -0.15) is 0 Å². The fourth-order valence-corrected chi connectivity index (χ4v) is 3.93. The summed E-state index contributed by atoms with van der Waals surface area (Å²) in [7, 11) is 0. The Bertz CT molecular complexity index is 963. The Morgan fingerprint density at radius 1 is 0.970 bits per heavy atom. The Morgan fingerprint density at radius 3 is 2.30 bits per heavy atom. The van der Waals surface area contributed by atoms with Gasteiger partial charge in [-0.3, -0.25) is 4.79 Å². The summed E-state index contributed by atoms with van der Waals surface area (Å²) in [4.78, 5) is 15.7. The third-order valence-electron chi connectivity index (χ3n) is 6.04. The highest BCUT2D eigenvalue weighted by molar-refractivity contribution is 5.82. The van der Waals surface area contributed by atoms with Crippen LogP contribution in [0.4, 0.5) is 11.5 Å². The Labute approximate surface area is 196 Å². The number of nitrogens with two attached hydrogens (primary N) is 1. The molecule has 1 aliphatic carbocycles. The maximum absolute atomic E-state index is 11.7. The topological polar surface area (TPSA) is 100 Å². The maximum atomic E-state index is 11.7. The van der Waals surface area contributed by atoms with E-state index in [1.165, 1.54) is 5.56 Å². The number of hydrogen-bond donors (Lipinski definition) is 4. The zero-order valence-corrected chi connectivity index (χ0v) is 19.0. The van der Waals surface area contributed by atoms with Crippen LogP contribution in [0.3, 0.4) is 0 Å². The summed E-state index contributed by atoms with van der Waals surface area (Å²) >= 11 is 0. The van der Waals surface area contributed by atoms with Gasteiger partial charge in [0.15, 0.2) is 0 Å². The minimum atomic E-state index is -0.689. The lowest BCUT2D eigenvalue weighted by Gasteiger charge is -2.38. The third-order valence-corrected chi connectivity index (χ3v) is 6.04. The summed E-state index contributed by atoms with van der Waals surface area (Å²) in [6.07, 6.45) is 6.05. The summed E-state index contributed by atoms with van der Waals surface area (Å²) in [6.45, 7) is 2.62. The van der Waals surface area contributed by atoms with Gasteiger partial charge in [0.1, 0.15) is 5.82 Å². The lowest BCUT2D eigenvalue weighted by atomic mass is 9.64. The molecular weight excluding hydrogens is 412 g/mol. The second kappa shape index (κ2) is 12.6. The van der Waals surface area contributed by atoms with Gasteiger partial charge in [0.05, 0.1) is 11.1 Å². The molecule has 6 heteroatoms. The molecule has 0 aliphatic heterocycles. The molecule has 0 unspecified atom stereocenters. The highest BCUT2D eigenvalue weighted by Crippen LogP contribution is 2.44. The van der Waals surface area contributed by atoms with E-state index in [2.05, 4.69) is 27.8 Å². The molecule has 0 radical (unpaired) electrons. The number of nitrogen functional groups attached to an aromatic ring is 1. The van der Waals surface area contributed by atoms with Crippen molar-refractivity contribution < 1.29 is 9.90 Å². The van der Waals surface area contributed by atoms with Crippen LogP contribution in [0.25, 0.3) is 0 Å². The zero-order chi connectivity index (χ0) is 23.4. The maximum Gasteiger partial charge on any atom is 0.314 e. The number of anilines is 2. The first-order chi connectivity index (χ1) is 16.1. The van der Waals surface area contributed by atoms with Crippen LogP contribution < -0.4 is 16.4 Å². The molecule has 4 rings (SSSR count). The minimum absolute atomic E-state index is 0.524. The summed E-state index contributed by atoms with van der Waals surface area (Å²) in [5.41, 5.74) is 8.16. The van der Waals surface area contributed by atoms with Gasteiger partial charge >= 0.3 is 5.97 Å². The van der Waals surface area contributed by atoms with Gasteiger partial charge in [-0.1, -0.05) is 67.1 Å². The number of aliphatic carboxylic acids is 1. The summed E-state index contributed by atoms with van der Waals surface area (Å²) in [5, 5.41) is 16.3. The molecule has 174 valence electrons. The van der Waals surface area contributed by atoms with Crippen molar-refractivity contribution in [2.24, 2.45) is 0 Å². The predicted molar refractivity (Wildman–Crippen MR) is 134 cm³/mol. The van der Waals surface area contributed by atoms with Gasteiger partial charge in [-0.25, -0.2) is 4.98 Å². The standard InChI is InChI=1S/C21H28N4O2.C6H6/c22-19-18(7-2-12-25-19)24-13-4-11-23-14-8-16-5-1-6-17(15-16)21(20(26)27)9-3-10-21;1-2-4-6-5-3-1/h1-2,5-7,12,15,23-24H,3-4,8-11,13-14H2,(H2,22,25)(H,26,27);1-6H. The Morgan fingerprint density at radius 2 is 1.70 bits per heavy atom. The van der Waals surface area contributed by atoms with Gasteiger partial charge < -0.3 is 21.5 Å². The number of rotatable bonds is 10. The van der Waals surface area contributed by atoms with E-state index in [0.717, 1.165) is 63.0 Å². The van der Waals surface area contributed by atoms with Gasteiger partial charge in [0.2, 0.25) is 0 Å². The highest BCUT2D eigenvalue weighted by atomic mass is 16.4. The largest absolute Gasteiger partial charge is 0.481 e. The number of hydrogen-bond acceptors (Lipinski definition) is 5. The van der Waals surface area contributed by atoms with Crippen LogP contribution >= 0.6 is 0 Å². The first kappa shape index (κ1) is 24.3. The number of carbonyl (C=O) groups is 1. The first-order valence-electron chi connectivity index (χ1n) is 11.6. The van der Waals surface area contributed by atoms with E-state index in [1.54, 1.807) is 6.20 Å². The fourth-order valence-electron chi connectivity index (χ4n) is 3.93. The zero-order valence-electron chi connectivity index (χ0n) is 19.0. The molecule has 1 heterocycles. The summed E-state index contributed by atoms with van der Waals surface area (Å²) in [6, 6.07) is 23.9. The minimum Gasteiger partial charge on any atom is -0.481 e. The molecule has 1 aliphatic rings. The molecule has 0 saturated heterocycles. The second-order valence-corrected chi connectivity index (χ2v) is 8.31. The van der Waals surface area contributed by atoms with Crippen LogP contribution in [0.5, 0.6) is 0 Å². The highest BCUT2D eigenvalue weighted by Gasteiger charge is 2.45. The lowest BCUT2D eigenvalue weighted by Crippen LogP contribution is -2.42. The third kappa shape index (κ3) is 7.05. The van der Waals surface area contributed by atoms with E-state index in [9.17, 15) is 9.90 Å². The van der Waals surface area contributed by atoms with E-state index in [1.807, 2.05) is 60.7 Å². The summed E-state index contributed by atoms with van der Waals surface area (Å²) < 4.78 is 0. The van der Waals surface area contributed by atoms with Gasteiger partial charge in [0.25, 0.3) is 0 Å². The molecule has 1 saturated carbocycles. The number of nitrogens with zero attached hydrogens (tertiary/aromatic N) is 1. The Balaban J connectivity index is 0.000000442. The van der Waals surface area contributed by atoms with Crippen LogP contribution in [0, 0.1) is 0 Å². The summed E-state index contributed by atoms with van der Waals surface area (Å²) in [5.74, 6) is -0.165. The quantitative estimate of drug-likeness (QED) is 0.342. The molecule has 3 aromatic rings. The molecule has 6 nitrogen and oxygen atoms in total. The van der Waals surface area contributed by atoms with Crippen LogP contribution in [0.15, 0.2) is 79.0 Å².